The Hall–Kier alpha value is -1.40. The zero-order chi connectivity index (χ0) is 22.5. The van der Waals surface area contributed by atoms with Crippen LogP contribution in [0.25, 0.3) is 0 Å². The van der Waals surface area contributed by atoms with E-state index in [2.05, 4.69) is 5.32 Å². The summed E-state index contributed by atoms with van der Waals surface area (Å²) in [5.74, 6) is -0.213. The van der Waals surface area contributed by atoms with Gasteiger partial charge in [-0.25, -0.2) is 0 Å². The second-order valence-corrected chi connectivity index (χ2v) is 10.2. The van der Waals surface area contributed by atoms with Gasteiger partial charge in [0.15, 0.2) is 0 Å². The van der Waals surface area contributed by atoms with E-state index in [1.165, 1.54) is 11.8 Å². The Labute approximate surface area is 197 Å². The third-order valence-corrected chi connectivity index (χ3v) is 6.03. The summed E-state index contributed by atoms with van der Waals surface area (Å²) in [6.07, 6.45) is 0. The summed E-state index contributed by atoms with van der Waals surface area (Å²) >= 11 is 19.6. The van der Waals surface area contributed by atoms with Crippen molar-refractivity contribution < 1.29 is 9.59 Å². The molecule has 4 nitrogen and oxygen atoms in total. The number of thioether (sulfide) groups is 1. The molecule has 2 amide bonds. The second kappa shape index (κ2) is 10.8. The number of nitrogens with one attached hydrogen (secondary N) is 1. The highest BCUT2D eigenvalue weighted by atomic mass is 35.5. The Morgan fingerprint density at radius 2 is 1.63 bits per heavy atom. The summed E-state index contributed by atoms with van der Waals surface area (Å²) in [5.41, 5.74) is 0.317. The molecule has 1 atom stereocenters. The van der Waals surface area contributed by atoms with E-state index in [1.807, 2.05) is 32.9 Å². The molecule has 0 spiro atoms. The summed E-state index contributed by atoms with van der Waals surface area (Å²) in [6.45, 7) is 7.62. The lowest BCUT2D eigenvalue weighted by Gasteiger charge is -2.31. The van der Waals surface area contributed by atoms with Gasteiger partial charge in [-0.2, -0.15) is 0 Å². The SMILES string of the molecule is CC(C(=O)NC(C)(C)C)N(Cc1ccc(Cl)cc1Cl)C(=O)CSc1ccc(Cl)cc1. The molecule has 0 saturated carbocycles. The molecule has 2 rings (SSSR count). The number of nitrogens with zero attached hydrogens (tertiary/aromatic N) is 1. The fraction of sp³-hybridized carbons (Fsp3) is 0.364. The van der Waals surface area contributed by atoms with Crippen molar-refractivity contribution in [3.63, 3.8) is 0 Å². The molecular weight excluding hydrogens is 463 g/mol. The van der Waals surface area contributed by atoms with Crippen LogP contribution in [0.3, 0.4) is 0 Å². The molecule has 1 N–H and O–H groups in total. The van der Waals surface area contributed by atoms with Gasteiger partial charge in [0.2, 0.25) is 11.8 Å². The van der Waals surface area contributed by atoms with Crippen molar-refractivity contribution in [3.05, 3.63) is 63.1 Å². The normalized spacial score (nSPS) is 12.4. The number of hydrogen-bond acceptors (Lipinski definition) is 3. The summed E-state index contributed by atoms with van der Waals surface area (Å²) in [4.78, 5) is 28.3. The number of hydrogen-bond donors (Lipinski definition) is 1. The molecule has 8 heteroatoms. The van der Waals surface area contributed by atoms with Gasteiger partial charge in [0.05, 0.1) is 5.75 Å². The van der Waals surface area contributed by atoms with E-state index in [-0.39, 0.29) is 24.1 Å². The van der Waals surface area contributed by atoms with E-state index in [4.69, 9.17) is 34.8 Å². The summed E-state index contributed by atoms with van der Waals surface area (Å²) < 4.78 is 0. The fourth-order valence-corrected chi connectivity index (χ4v) is 4.03. The van der Waals surface area contributed by atoms with Crippen LogP contribution in [-0.4, -0.2) is 34.0 Å². The predicted octanol–water partition coefficient (Wildman–Crippen LogP) is 6.07. The summed E-state index contributed by atoms with van der Waals surface area (Å²) in [5, 5.41) is 4.54. The van der Waals surface area contributed by atoms with Crippen LogP contribution in [-0.2, 0) is 16.1 Å². The maximum Gasteiger partial charge on any atom is 0.242 e. The highest BCUT2D eigenvalue weighted by Crippen LogP contribution is 2.25. The van der Waals surface area contributed by atoms with Gasteiger partial charge in [-0.05, 0) is 69.7 Å². The third-order valence-electron chi connectivity index (χ3n) is 4.20. The Kier molecular flexibility index (Phi) is 8.92. The first-order valence-corrected chi connectivity index (χ1v) is 11.5. The van der Waals surface area contributed by atoms with Crippen LogP contribution in [0.1, 0.15) is 33.3 Å². The number of carbonyl (C=O) groups is 2. The van der Waals surface area contributed by atoms with Crippen molar-refractivity contribution in [2.45, 2.75) is 50.7 Å². The van der Waals surface area contributed by atoms with Gasteiger partial charge in [-0.3, -0.25) is 9.59 Å². The van der Waals surface area contributed by atoms with Gasteiger partial charge >= 0.3 is 0 Å². The summed E-state index contributed by atoms with van der Waals surface area (Å²) in [6, 6.07) is 11.7. The van der Waals surface area contributed by atoms with Crippen molar-refractivity contribution >= 4 is 58.4 Å². The molecule has 0 bridgehead atoms. The quantitative estimate of drug-likeness (QED) is 0.482. The van der Waals surface area contributed by atoms with Crippen LogP contribution < -0.4 is 5.32 Å². The molecule has 0 heterocycles. The lowest BCUT2D eigenvalue weighted by atomic mass is 10.1. The Morgan fingerprint density at radius 3 is 2.20 bits per heavy atom. The van der Waals surface area contributed by atoms with Gasteiger partial charge < -0.3 is 10.2 Å². The molecule has 0 saturated heterocycles. The third kappa shape index (κ3) is 7.69. The van der Waals surface area contributed by atoms with Crippen molar-refractivity contribution in [2.75, 3.05) is 5.75 Å². The van der Waals surface area contributed by atoms with Crippen LogP contribution >= 0.6 is 46.6 Å². The molecule has 162 valence electrons. The first kappa shape index (κ1) is 24.9. The van der Waals surface area contributed by atoms with Gasteiger partial charge in [-0.1, -0.05) is 40.9 Å². The topological polar surface area (TPSA) is 49.4 Å². The predicted molar refractivity (Wildman–Crippen MR) is 127 cm³/mol. The highest BCUT2D eigenvalue weighted by molar-refractivity contribution is 8.00. The molecule has 0 fully saturated rings. The zero-order valence-electron chi connectivity index (χ0n) is 17.3. The number of rotatable bonds is 7. The van der Waals surface area contributed by atoms with Gasteiger partial charge in [-0.15, -0.1) is 11.8 Å². The smallest absolute Gasteiger partial charge is 0.242 e. The van der Waals surface area contributed by atoms with E-state index >= 15 is 0 Å². The Morgan fingerprint density at radius 1 is 1.03 bits per heavy atom. The monoisotopic (exact) mass is 486 g/mol. The molecular formula is C22H25Cl3N2O2S. The van der Waals surface area contributed by atoms with Crippen LogP contribution in [0.5, 0.6) is 0 Å². The number of amides is 2. The van der Waals surface area contributed by atoms with Gasteiger partial charge in [0.1, 0.15) is 6.04 Å². The van der Waals surface area contributed by atoms with Gasteiger partial charge in [0.25, 0.3) is 0 Å². The van der Waals surface area contributed by atoms with E-state index < -0.39 is 11.6 Å². The van der Waals surface area contributed by atoms with Crippen molar-refractivity contribution in [2.24, 2.45) is 0 Å². The number of benzene rings is 2. The summed E-state index contributed by atoms with van der Waals surface area (Å²) in [7, 11) is 0. The van der Waals surface area contributed by atoms with Crippen LogP contribution in [0.4, 0.5) is 0 Å². The second-order valence-electron chi connectivity index (χ2n) is 7.92. The molecule has 0 aliphatic carbocycles. The Bertz CT molecular complexity index is 898. The van der Waals surface area contributed by atoms with Crippen molar-refractivity contribution in [1.82, 2.24) is 10.2 Å². The van der Waals surface area contributed by atoms with Crippen molar-refractivity contribution in [1.29, 1.82) is 0 Å². The van der Waals surface area contributed by atoms with Crippen LogP contribution in [0.15, 0.2) is 47.4 Å². The molecule has 0 aliphatic heterocycles. The molecule has 0 aromatic heterocycles. The van der Waals surface area contributed by atoms with Gasteiger partial charge in [0, 0.05) is 32.0 Å². The van der Waals surface area contributed by atoms with E-state index in [0.717, 1.165) is 10.5 Å². The van der Waals surface area contributed by atoms with E-state index in [9.17, 15) is 9.59 Å². The maximum absolute atomic E-state index is 13.1. The maximum atomic E-state index is 13.1. The molecule has 2 aromatic rings. The first-order chi connectivity index (χ1) is 14.0. The molecule has 2 aromatic carbocycles. The fourth-order valence-electron chi connectivity index (χ4n) is 2.65. The van der Waals surface area contributed by atoms with Crippen molar-refractivity contribution in [3.8, 4) is 0 Å². The molecule has 0 radical (unpaired) electrons. The molecule has 1 unspecified atom stereocenters. The molecule has 30 heavy (non-hydrogen) atoms. The lowest BCUT2D eigenvalue weighted by Crippen LogP contribution is -2.52. The van der Waals surface area contributed by atoms with Crippen LogP contribution in [0.2, 0.25) is 15.1 Å². The average molecular weight is 488 g/mol. The Balaban J connectivity index is 2.21. The van der Waals surface area contributed by atoms with E-state index in [1.54, 1.807) is 42.2 Å². The van der Waals surface area contributed by atoms with E-state index in [0.29, 0.717) is 15.1 Å². The minimum absolute atomic E-state index is 0.169. The highest BCUT2D eigenvalue weighted by Gasteiger charge is 2.28. The van der Waals surface area contributed by atoms with Crippen LogP contribution in [0, 0.1) is 0 Å². The first-order valence-electron chi connectivity index (χ1n) is 9.40. The average Bonchev–Trinajstić information content (AvgIpc) is 2.65. The number of halogens is 3. The minimum atomic E-state index is -0.672. The molecule has 0 aliphatic rings. The largest absolute Gasteiger partial charge is 0.350 e. The number of carbonyl (C=O) groups excluding carboxylic acids is 2. The standard InChI is InChI=1S/C22H25Cl3N2O2S/c1-14(21(29)26-22(2,3)4)27(12-15-5-6-17(24)11-19(15)25)20(28)13-30-18-9-7-16(23)8-10-18/h5-11,14H,12-13H2,1-4H3,(H,26,29). The zero-order valence-corrected chi connectivity index (χ0v) is 20.4. The minimum Gasteiger partial charge on any atom is -0.350 e. The lowest BCUT2D eigenvalue weighted by molar-refractivity contribution is -0.139.